The molecule has 0 amide bonds. The lowest BCUT2D eigenvalue weighted by atomic mass is 9.70. The zero-order chi connectivity index (χ0) is 16.9. The highest BCUT2D eigenvalue weighted by molar-refractivity contribution is 7.14. The molecule has 0 radical (unpaired) electrons. The van der Waals surface area contributed by atoms with Gasteiger partial charge in [0.1, 0.15) is 0 Å². The average Bonchev–Trinajstić information content (AvgIpc) is 3.15. The van der Waals surface area contributed by atoms with Gasteiger partial charge in [-0.15, -0.1) is 11.3 Å². The molecular formula is C19H22ClN3S. The number of benzene rings is 1. The summed E-state index contributed by atoms with van der Waals surface area (Å²) in [5.41, 5.74) is 12.4. The maximum atomic E-state index is 5.95. The Kier molecular flexibility index (Phi) is 3.66. The van der Waals surface area contributed by atoms with Gasteiger partial charge in [0.25, 0.3) is 0 Å². The van der Waals surface area contributed by atoms with Gasteiger partial charge < -0.3 is 5.43 Å². The Morgan fingerprint density at radius 2 is 1.88 bits per heavy atom. The molecule has 5 heteroatoms. The van der Waals surface area contributed by atoms with Crippen molar-refractivity contribution in [3.05, 3.63) is 45.9 Å². The molecule has 0 aliphatic heterocycles. The Balaban J connectivity index is 1.47. The molecule has 0 spiro atoms. The maximum absolute atomic E-state index is 5.95. The fourth-order valence-corrected chi connectivity index (χ4v) is 4.86. The number of allylic oxidation sites excluding steroid dienone is 2. The molecule has 1 heterocycles. The van der Waals surface area contributed by atoms with Crippen LogP contribution in [0.25, 0.3) is 11.3 Å². The summed E-state index contributed by atoms with van der Waals surface area (Å²) in [7, 11) is 0. The highest BCUT2D eigenvalue weighted by Crippen LogP contribution is 2.64. The molecular weight excluding hydrogens is 338 g/mol. The molecule has 2 bridgehead atoms. The van der Waals surface area contributed by atoms with E-state index in [4.69, 9.17) is 11.6 Å². The van der Waals surface area contributed by atoms with Crippen LogP contribution in [-0.4, -0.2) is 4.98 Å². The molecule has 1 unspecified atom stereocenters. The monoisotopic (exact) mass is 359 g/mol. The van der Waals surface area contributed by atoms with Crippen LogP contribution in [-0.2, 0) is 0 Å². The molecule has 126 valence electrons. The smallest absolute Gasteiger partial charge is 0.202 e. The number of rotatable bonds is 4. The number of fused-ring (bicyclic) bond motifs is 2. The molecule has 1 aromatic heterocycles. The summed E-state index contributed by atoms with van der Waals surface area (Å²) >= 11 is 7.56. The molecule has 1 saturated carbocycles. The van der Waals surface area contributed by atoms with Gasteiger partial charge in [-0.1, -0.05) is 44.5 Å². The number of hydrazine groups is 1. The Bertz CT molecular complexity index is 806. The Hall–Kier alpha value is -1.52. The number of anilines is 1. The number of halogens is 1. The second-order valence-corrected chi connectivity index (χ2v) is 8.91. The van der Waals surface area contributed by atoms with E-state index in [9.17, 15) is 0 Å². The SMILES string of the molecule is CC12CCC(=C(NNc3nc(-c4ccc(Cl)cc4)cs3)C1)C2(C)C. The third-order valence-corrected chi connectivity index (χ3v) is 7.10. The van der Waals surface area contributed by atoms with Crippen molar-refractivity contribution in [2.24, 2.45) is 10.8 Å². The summed E-state index contributed by atoms with van der Waals surface area (Å²) in [6.45, 7) is 7.18. The van der Waals surface area contributed by atoms with Gasteiger partial charge in [-0.2, -0.15) is 0 Å². The first kappa shape index (κ1) is 16.0. The van der Waals surface area contributed by atoms with Gasteiger partial charge in [0.05, 0.1) is 5.69 Å². The maximum Gasteiger partial charge on any atom is 0.202 e. The molecule has 24 heavy (non-hydrogen) atoms. The minimum Gasteiger partial charge on any atom is -0.303 e. The molecule has 0 saturated heterocycles. The van der Waals surface area contributed by atoms with Crippen molar-refractivity contribution in [3.8, 4) is 11.3 Å². The van der Waals surface area contributed by atoms with Crippen LogP contribution in [0.4, 0.5) is 5.13 Å². The van der Waals surface area contributed by atoms with Gasteiger partial charge in [0, 0.05) is 21.7 Å². The van der Waals surface area contributed by atoms with Gasteiger partial charge in [0.15, 0.2) is 0 Å². The number of hydrogen-bond donors (Lipinski definition) is 2. The van der Waals surface area contributed by atoms with Crippen LogP contribution in [0.1, 0.15) is 40.0 Å². The Morgan fingerprint density at radius 1 is 1.12 bits per heavy atom. The van der Waals surface area contributed by atoms with Gasteiger partial charge in [-0.3, -0.25) is 5.43 Å². The van der Waals surface area contributed by atoms with Crippen LogP contribution < -0.4 is 10.9 Å². The summed E-state index contributed by atoms with van der Waals surface area (Å²) < 4.78 is 0. The third kappa shape index (κ3) is 2.44. The number of hydrogen-bond acceptors (Lipinski definition) is 4. The molecule has 1 aromatic carbocycles. The predicted molar refractivity (Wildman–Crippen MR) is 102 cm³/mol. The summed E-state index contributed by atoms with van der Waals surface area (Å²) in [6.07, 6.45) is 3.64. The first-order valence-electron chi connectivity index (χ1n) is 8.35. The summed E-state index contributed by atoms with van der Waals surface area (Å²) in [5, 5.41) is 3.70. The Morgan fingerprint density at radius 3 is 2.50 bits per heavy atom. The largest absolute Gasteiger partial charge is 0.303 e. The number of aromatic nitrogens is 1. The van der Waals surface area contributed by atoms with E-state index < -0.39 is 0 Å². The van der Waals surface area contributed by atoms with Gasteiger partial charge in [-0.25, -0.2) is 4.98 Å². The zero-order valence-electron chi connectivity index (χ0n) is 14.2. The second kappa shape index (κ2) is 5.50. The van der Waals surface area contributed by atoms with Crippen LogP contribution in [0.5, 0.6) is 0 Å². The fourth-order valence-electron chi connectivity index (χ4n) is 4.06. The highest BCUT2D eigenvalue weighted by atomic mass is 35.5. The zero-order valence-corrected chi connectivity index (χ0v) is 15.8. The minimum atomic E-state index is 0.300. The molecule has 1 fully saturated rings. The summed E-state index contributed by atoms with van der Waals surface area (Å²) in [5.74, 6) is 0. The topological polar surface area (TPSA) is 37.0 Å². The van der Waals surface area contributed by atoms with Crippen LogP contribution >= 0.6 is 22.9 Å². The van der Waals surface area contributed by atoms with E-state index in [0.29, 0.717) is 10.8 Å². The molecule has 2 aromatic rings. The molecule has 2 aliphatic rings. The lowest BCUT2D eigenvalue weighted by Gasteiger charge is -2.33. The van der Waals surface area contributed by atoms with E-state index >= 15 is 0 Å². The molecule has 3 nitrogen and oxygen atoms in total. The van der Waals surface area contributed by atoms with E-state index in [1.807, 2.05) is 24.3 Å². The van der Waals surface area contributed by atoms with E-state index in [1.165, 1.54) is 18.5 Å². The average molecular weight is 360 g/mol. The minimum absolute atomic E-state index is 0.300. The summed E-state index contributed by atoms with van der Waals surface area (Å²) in [6, 6.07) is 7.79. The van der Waals surface area contributed by atoms with Crippen molar-refractivity contribution in [2.45, 2.75) is 40.0 Å². The number of thiazole rings is 1. The molecule has 4 rings (SSSR count). The van der Waals surface area contributed by atoms with Crippen molar-refractivity contribution in [3.63, 3.8) is 0 Å². The quantitative estimate of drug-likeness (QED) is 0.671. The third-order valence-electron chi connectivity index (χ3n) is 6.09. The Labute approximate surface area is 152 Å². The number of nitrogens with one attached hydrogen (secondary N) is 2. The molecule has 2 aliphatic carbocycles. The van der Waals surface area contributed by atoms with Gasteiger partial charge in [-0.05, 0) is 47.8 Å². The van der Waals surface area contributed by atoms with E-state index in [2.05, 4.69) is 42.0 Å². The van der Waals surface area contributed by atoms with Crippen molar-refractivity contribution >= 4 is 28.1 Å². The van der Waals surface area contributed by atoms with Crippen molar-refractivity contribution in [1.29, 1.82) is 0 Å². The van der Waals surface area contributed by atoms with Gasteiger partial charge in [0.2, 0.25) is 5.13 Å². The normalized spacial score (nSPS) is 24.5. The second-order valence-electron chi connectivity index (χ2n) is 7.61. The molecule has 1 atom stereocenters. The van der Waals surface area contributed by atoms with Crippen molar-refractivity contribution in [1.82, 2.24) is 10.4 Å². The van der Waals surface area contributed by atoms with Crippen LogP contribution in [0.2, 0.25) is 5.02 Å². The van der Waals surface area contributed by atoms with Crippen LogP contribution in [0, 0.1) is 10.8 Å². The van der Waals surface area contributed by atoms with Gasteiger partial charge >= 0.3 is 0 Å². The van der Waals surface area contributed by atoms with Crippen molar-refractivity contribution in [2.75, 3.05) is 5.43 Å². The standard InChI is InChI=1S/C19H22ClN3S/c1-18(2)14-8-9-19(18,3)10-15(14)22-23-17-21-16(11-24-17)12-4-6-13(20)7-5-12/h4-7,11,22H,8-10H2,1-3H3,(H,21,23). The lowest BCUT2D eigenvalue weighted by molar-refractivity contribution is 0.180. The van der Waals surface area contributed by atoms with Crippen LogP contribution in [0.15, 0.2) is 40.9 Å². The van der Waals surface area contributed by atoms with E-state index in [-0.39, 0.29) is 0 Å². The van der Waals surface area contributed by atoms with E-state index in [0.717, 1.165) is 27.8 Å². The molecule has 2 N–H and O–H groups in total. The lowest BCUT2D eigenvalue weighted by Crippen LogP contribution is -2.27. The predicted octanol–water partition coefficient (Wildman–Crippen LogP) is 5.86. The van der Waals surface area contributed by atoms with Crippen LogP contribution in [0.3, 0.4) is 0 Å². The number of nitrogens with zero attached hydrogens (tertiary/aromatic N) is 1. The van der Waals surface area contributed by atoms with E-state index in [1.54, 1.807) is 16.9 Å². The summed E-state index contributed by atoms with van der Waals surface area (Å²) in [4.78, 5) is 4.67. The fraction of sp³-hybridized carbons (Fsp3) is 0.421. The first-order chi connectivity index (χ1) is 11.4. The van der Waals surface area contributed by atoms with Crippen molar-refractivity contribution < 1.29 is 0 Å². The first-order valence-corrected chi connectivity index (χ1v) is 9.61. The highest BCUT2D eigenvalue weighted by Gasteiger charge is 2.54.